The monoisotopic (exact) mass is 414 g/mol. The third-order valence-electron chi connectivity index (χ3n) is 4.95. The number of carbonyl (C=O) groups excluding carboxylic acids is 1. The van der Waals surface area contributed by atoms with Gasteiger partial charge in [0.2, 0.25) is 12.7 Å². The van der Waals surface area contributed by atoms with Crippen LogP contribution in [0.1, 0.15) is 16.7 Å². The Labute approximate surface area is 175 Å². The lowest BCUT2D eigenvalue weighted by Crippen LogP contribution is -2.36. The summed E-state index contributed by atoms with van der Waals surface area (Å²) in [6.07, 6.45) is 3.21. The van der Waals surface area contributed by atoms with Crippen molar-refractivity contribution in [3.05, 3.63) is 64.2 Å². The summed E-state index contributed by atoms with van der Waals surface area (Å²) >= 11 is 6.18. The van der Waals surface area contributed by atoms with Crippen LogP contribution in [-0.2, 0) is 22.6 Å². The first-order valence-electron chi connectivity index (χ1n) is 9.61. The molecule has 1 amide bonds. The van der Waals surface area contributed by atoms with Crippen molar-refractivity contribution in [3.8, 4) is 11.5 Å². The van der Waals surface area contributed by atoms with E-state index in [0.29, 0.717) is 23.1 Å². The minimum absolute atomic E-state index is 0.159. The predicted molar refractivity (Wildman–Crippen MR) is 111 cm³/mol. The van der Waals surface area contributed by atoms with Crippen LogP contribution in [0.15, 0.2) is 42.5 Å². The van der Waals surface area contributed by atoms with E-state index in [1.54, 1.807) is 18.2 Å². The van der Waals surface area contributed by atoms with Crippen LogP contribution in [0.5, 0.6) is 11.5 Å². The van der Waals surface area contributed by atoms with Crippen LogP contribution in [0.2, 0.25) is 5.02 Å². The van der Waals surface area contributed by atoms with Gasteiger partial charge in [-0.1, -0.05) is 35.9 Å². The second-order valence-electron chi connectivity index (χ2n) is 6.94. The van der Waals surface area contributed by atoms with Gasteiger partial charge in [-0.15, -0.1) is 0 Å². The number of amides is 1. The van der Waals surface area contributed by atoms with Crippen molar-refractivity contribution in [2.24, 2.45) is 0 Å². The van der Waals surface area contributed by atoms with Crippen molar-refractivity contribution in [1.29, 1.82) is 0 Å². The van der Waals surface area contributed by atoms with Crippen LogP contribution < -0.4 is 14.8 Å². The zero-order chi connectivity index (χ0) is 20.1. The molecule has 0 bridgehead atoms. The lowest BCUT2D eigenvalue weighted by atomic mass is 10.1. The topological polar surface area (TPSA) is 60.0 Å². The molecule has 1 fully saturated rings. The van der Waals surface area contributed by atoms with Gasteiger partial charge in [-0.25, -0.2) is 0 Å². The molecule has 1 saturated heterocycles. The van der Waals surface area contributed by atoms with E-state index in [9.17, 15) is 4.79 Å². The number of ether oxygens (including phenoxy) is 3. The molecule has 6 nitrogen and oxygen atoms in total. The highest BCUT2D eigenvalue weighted by atomic mass is 35.5. The van der Waals surface area contributed by atoms with E-state index in [1.807, 2.05) is 12.1 Å². The summed E-state index contributed by atoms with van der Waals surface area (Å²) in [5, 5.41) is 3.43. The molecule has 0 aliphatic carbocycles. The van der Waals surface area contributed by atoms with Crippen molar-refractivity contribution in [2.75, 3.05) is 33.1 Å². The van der Waals surface area contributed by atoms with E-state index in [4.69, 9.17) is 25.8 Å². The molecule has 152 valence electrons. The second kappa shape index (κ2) is 9.31. The largest absolute Gasteiger partial charge is 0.454 e. The molecule has 2 aromatic carbocycles. The van der Waals surface area contributed by atoms with Gasteiger partial charge in [-0.05, 0) is 34.9 Å². The number of fused-ring (bicyclic) bond motifs is 1. The molecule has 0 unspecified atom stereocenters. The van der Waals surface area contributed by atoms with Gasteiger partial charge in [-0.3, -0.25) is 9.69 Å². The van der Waals surface area contributed by atoms with Crippen LogP contribution in [0.25, 0.3) is 6.08 Å². The van der Waals surface area contributed by atoms with Crippen LogP contribution >= 0.6 is 11.6 Å². The third-order valence-corrected chi connectivity index (χ3v) is 5.23. The summed E-state index contributed by atoms with van der Waals surface area (Å²) in [5.41, 5.74) is 3.12. The van der Waals surface area contributed by atoms with E-state index in [-0.39, 0.29) is 12.7 Å². The van der Waals surface area contributed by atoms with Crippen molar-refractivity contribution in [1.82, 2.24) is 10.2 Å². The number of halogens is 1. The zero-order valence-corrected chi connectivity index (χ0v) is 16.8. The number of hydrogen-bond acceptors (Lipinski definition) is 5. The van der Waals surface area contributed by atoms with Crippen molar-refractivity contribution in [3.63, 3.8) is 0 Å². The number of nitrogens with zero attached hydrogens (tertiary/aromatic N) is 1. The lowest BCUT2D eigenvalue weighted by Gasteiger charge is -2.27. The fourth-order valence-electron chi connectivity index (χ4n) is 3.38. The molecule has 2 aliphatic rings. The summed E-state index contributed by atoms with van der Waals surface area (Å²) in [6.45, 7) is 4.91. The summed E-state index contributed by atoms with van der Waals surface area (Å²) in [5.74, 6) is 0.972. The van der Waals surface area contributed by atoms with E-state index in [1.165, 1.54) is 11.6 Å². The number of rotatable bonds is 6. The van der Waals surface area contributed by atoms with Gasteiger partial charge in [0.1, 0.15) is 0 Å². The van der Waals surface area contributed by atoms with Gasteiger partial charge in [0.25, 0.3) is 0 Å². The first-order chi connectivity index (χ1) is 14.2. The average Bonchev–Trinajstić information content (AvgIpc) is 3.22. The van der Waals surface area contributed by atoms with Crippen LogP contribution in [0.4, 0.5) is 0 Å². The summed E-state index contributed by atoms with van der Waals surface area (Å²) < 4.78 is 16.1. The maximum Gasteiger partial charge on any atom is 0.244 e. The normalized spacial score (nSPS) is 16.3. The molecule has 2 aliphatic heterocycles. The van der Waals surface area contributed by atoms with Gasteiger partial charge in [0, 0.05) is 32.3 Å². The molecule has 0 saturated carbocycles. The molecule has 0 radical (unpaired) electrons. The minimum Gasteiger partial charge on any atom is -0.454 e. The minimum atomic E-state index is -0.167. The summed E-state index contributed by atoms with van der Waals surface area (Å²) in [6, 6.07) is 11.7. The molecule has 4 rings (SSSR count). The first kappa shape index (κ1) is 19.8. The standard InChI is InChI=1S/C22H23ClN2O4/c23-19-11-16(12-20-22(19)29-15-28-20)5-6-21(26)24-13-17-3-1-2-4-18(17)14-25-7-9-27-10-8-25/h1-6,11-12H,7-10,13-15H2,(H,24,26)/b6-5+. The number of hydrogen-bond donors (Lipinski definition) is 1. The molecule has 0 aromatic heterocycles. The molecule has 2 heterocycles. The Morgan fingerprint density at radius 1 is 1.14 bits per heavy atom. The highest BCUT2D eigenvalue weighted by Crippen LogP contribution is 2.40. The highest BCUT2D eigenvalue weighted by molar-refractivity contribution is 6.32. The molecule has 0 spiro atoms. The third kappa shape index (κ3) is 5.09. The van der Waals surface area contributed by atoms with Crippen LogP contribution in [-0.4, -0.2) is 43.9 Å². The molecule has 2 aromatic rings. The molecule has 29 heavy (non-hydrogen) atoms. The van der Waals surface area contributed by atoms with E-state index in [0.717, 1.165) is 44.0 Å². The average molecular weight is 415 g/mol. The van der Waals surface area contributed by atoms with Gasteiger partial charge < -0.3 is 19.5 Å². The van der Waals surface area contributed by atoms with Crippen LogP contribution in [0, 0.1) is 0 Å². The Bertz CT molecular complexity index is 910. The molecule has 1 N–H and O–H groups in total. The first-order valence-corrected chi connectivity index (χ1v) is 9.99. The molecular weight excluding hydrogens is 392 g/mol. The predicted octanol–water partition coefficient (Wildman–Crippen LogP) is 3.23. The summed E-state index contributed by atoms with van der Waals surface area (Å²) in [4.78, 5) is 14.7. The SMILES string of the molecule is O=C(/C=C/c1cc(Cl)c2c(c1)OCO2)NCc1ccccc1CN1CCOCC1. The Morgan fingerprint density at radius 2 is 1.93 bits per heavy atom. The van der Waals surface area contributed by atoms with Crippen molar-refractivity contribution >= 4 is 23.6 Å². The van der Waals surface area contributed by atoms with E-state index in [2.05, 4.69) is 22.3 Å². The highest BCUT2D eigenvalue weighted by Gasteiger charge is 2.17. The summed E-state index contributed by atoms with van der Waals surface area (Å²) in [7, 11) is 0. The fraction of sp³-hybridized carbons (Fsp3) is 0.318. The quantitative estimate of drug-likeness (QED) is 0.735. The smallest absolute Gasteiger partial charge is 0.244 e. The van der Waals surface area contributed by atoms with Gasteiger partial charge >= 0.3 is 0 Å². The molecular formula is C22H23ClN2O4. The lowest BCUT2D eigenvalue weighted by molar-refractivity contribution is -0.116. The fourth-order valence-corrected chi connectivity index (χ4v) is 3.65. The van der Waals surface area contributed by atoms with Crippen molar-refractivity contribution < 1.29 is 19.0 Å². The number of carbonyl (C=O) groups is 1. The van der Waals surface area contributed by atoms with Gasteiger partial charge in [0.15, 0.2) is 11.5 Å². The Morgan fingerprint density at radius 3 is 2.76 bits per heavy atom. The Balaban J connectivity index is 1.35. The zero-order valence-electron chi connectivity index (χ0n) is 16.0. The van der Waals surface area contributed by atoms with E-state index >= 15 is 0 Å². The number of benzene rings is 2. The maximum atomic E-state index is 12.3. The maximum absolute atomic E-state index is 12.3. The van der Waals surface area contributed by atoms with Gasteiger partial charge in [0.05, 0.1) is 18.2 Å². The number of morpholine rings is 1. The molecule has 0 atom stereocenters. The number of nitrogens with one attached hydrogen (secondary N) is 1. The van der Waals surface area contributed by atoms with Crippen molar-refractivity contribution in [2.45, 2.75) is 13.1 Å². The Hall–Kier alpha value is -2.54. The molecule has 7 heteroatoms. The second-order valence-corrected chi connectivity index (χ2v) is 7.35. The van der Waals surface area contributed by atoms with Crippen LogP contribution in [0.3, 0.4) is 0 Å². The Kier molecular flexibility index (Phi) is 6.34. The van der Waals surface area contributed by atoms with Gasteiger partial charge in [-0.2, -0.15) is 0 Å². The van der Waals surface area contributed by atoms with E-state index < -0.39 is 0 Å².